The van der Waals surface area contributed by atoms with Gasteiger partial charge in [0.25, 0.3) is 5.91 Å². The molecular formula is C18H20ClNO3. The zero-order valence-electron chi connectivity index (χ0n) is 13.2. The van der Waals surface area contributed by atoms with Gasteiger partial charge in [0.2, 0.25) is 0 Å². The molecule has 1 atom stereocenters. The first-order valence-corrected chi connectivity index (χ1v) is 7.93. The van der Waals surface area contributed by atoms with Crippen LogP contribution in [0.2, 0.25) is 5.02 Å². The number of amides is 1. The quantitative estimate of drug-likeness (QED) is 0.809. The Hall–Kier alpha value is -2.20. The molecule has 2 aromatic rings. The van der Waals surface area contributed by atoms with Gasteiger partial charge in [0, 0.05) is 5.69 Å². The molecular weight excluding hydrogens is 314 g/mol. The SMILES string of the molecule is CCCOc1ccc(NC(=O)[C@@H](C)Oc2ccccc2Cl)cc1. The van der Waals surface area contributed by atoms with Gasteiger partial charge in [0.1, 0.15) is 11.5 Å². The lowest BCUT2D eigenvalue weighted by molar-refractivity contribution is -0.122. The highest BCUT2D eigenvalue weighted by molar-refractivity contribution is 6.32. The first-order chi connectivity index (χ1) is 11.1. The molecule has 23 heavy (non-hydrogen) atoms. The molecule has 0 saturated heterocycles. The highest BCUT2D eigenvalue weighted by Gasteiger charge is 2.16. The summed E-state index contributed by atoms with van der Waals surface area (Å²) in [7, 11) is 0. The van der Waals surface area contributed by atoms with Crippen LogP contribution in [0.4, 0.5) is 5.69 Å². The van der Waals surface area contributed by atoms with Crippen molar-refractivity contribution in [3.8, 4) is 11.5 Å². The summed E-state index contributed by atoms with van der Waals surface area (Å²) < 4.78 is 11.1. The first-order valence-electron chi connectivity index (χ1n) is 7.55. The molecule has 0 heterocycles. The minimum absolute atomic E-state index is 0.243. The fraction of sp³-hybridized carbons (Fsp3) is 0.278. The van der Waals surface area contributed by atoms with E-state index in [-0.39, 0.29) is 5.91 Å². The molecule has 0 bridgehead atoms. The summed E-state index contributed by atoms with van der Waals surface area (Å²) in [6, 6.07) is 14.3. The molecule has 0 fully saturated rings. The van der Waals surface area contributed by atoms with Crippen molar-refractivity contribution in [1.82, 2.24) is 0 Å². The van der Waals surface area contributed by atoms with E-state index >= 15 is 0 Å². The number of rotatable bonds is 7. The molecule has 4 nitrogen and oxygen atoms in total. The molecule has 5 heteroatoms. The normalized spacial score (nSPS) is 11.6. The number of benzene rings is 2. The predicted molar refractivity (Wildman–Crippen MR) is 92.4 cm³/mol. The van der Waals surface area contributed by atoms with Gasteiger partial charge in [-0.15, -0.1) is 0 Å². The number of para-hydroxylation sites is 1. The summed E-state index contributed by atoms with van der Waals surface area (Å²) in [6.07, 6.45) is 0.293. The van der Waals surface area contributed by atoms with E-state index in [0.29, 0.717) is 23.1 Å². The monoisotopic (exact) mass is 333 g/mol. The Kier molecular flexibility index (Phi) is 6.29. The van der Waals surface area contributed by atoms with E-state index in [4.69, 9.17) is 21.1 Å². The highest BCUT2D eigenvalue weighted by atomic mass is 35.5. The van der Waals surface area contributed by atoms with Crippen LogP contribution in [0.25, 0.3) is 0 Å². The molecule has 0 unspecified atom stereocenters. The minimum atomic E-state index is -0.661. The van der Waals surface area contributed by atoms with Crippen LogP contribution in [0.5, 0.6) is 11.5 Å². The number of halogens is 1. The van der Waals surface area contributed by atoms with Crippen molar-refractivity contribution in [2.75, 3.05) is 11.9 Å². The van der Waals surface area contributed by atoms with Gasteiger partial charge in [-0.3, -0.25) is 4.79 Å². The van der Waals surface area contributed by atoms with E-state index in [1.807, 2.05) is 18.2 Å². The largest absolute Gasteiger partial charge is 0.494 e. The Morgan fingerprint density at radius 2 is 1.87 bits per heavy atom. The topological polar surface area (TPSA) is 47.6 Å². The van der Waals surface area contributed by atoms with Crippen molar-refractivity contribution in [2.45, 2.75) is 26.4 Å². The van der Waals surface area contributed by atoms with E-state index in [0.717, 1.165) is 12.2 Å². The zero-order valence-corrected chi connectivity index (χ0v) is 14.0. The van der Waals surface area contributed by atoms with Crippen LogP contribution < -0.4 is 14.8 Å². The van der Waals surface area contributed by atoms with E-state index in [2.05, 4.69) is 12.2 Å². The smallest absolute Gasteiger partial charge is 0.265 e. The number of hydrogen-bond acceptors (Lipinski definition) is 3. The molecule has 0 aliphatic heterocycles. The van der Waals surface area contributed by atoms with Crippen LogP contribution in [0, 0.1) is 0 Å². The number of hydrogen-bond donors (Lipinski definition) is 1. The van der Waals surface area contributed by atoms with Crippen molar-refractivity contribution >= 4 is 23.2 Å². The molecule has 0 radical (unpaired) electrons. The van der Waals surface area contributed by atoms with Crippen LogP contribution in [-0.4, -0.2) is 18.6 Å². The van der Waals surface area contributed by atoms with E-state index in [9.17, 15) is 4.79 Å². The Bertz CT molecular complexity index is 643. The van der Waals surface area contributed by atoms with Gasteiger partial charge in [-0.2, -0.15) is 0 Å². The summed E-state index contributed by atoms with van der Waals surface area (Å²) in [5.74, 6) is 1.03. The lowest BCUT2D eigenvalue weighted by atomic mass is 10.2. The third kappa shape index (κ3) is 5.18. The predicted octanol–water partition coefficient (Wildman–Crippen LogP) is 4.53. The van der Waals surface area contributed by atoms with Crippen molar-refractivity contribution < 1.29 is 14.3 Å². The van der Waals surface area contributed by atoms with Gasteiger partial charge >= 0.3 is 0 Å². The Morgan fingerprint density at radius 3 is 2.52 bits per heavy atom. The number of ether oxygens (including phenoxy) is 2. The van der Waals surface area contributed by atoms with Crippen LogP contribution in [0.1, 0.15) is 20.3 Å². The number of nitrogens with one attached hydrogen (secondary N) is 1. The number of carbonyl (C=O) groups excluding carboxylic acids is 1. The third-order valence-electron chi connectivity index (χ3n) is 3.10. The second-order valence-corrected chi connectivity index (χ2v) is 5.46. The molecule has 0 spiro atoms. The molecule has 0 saturated carbocycles. The van der Waals surface area contributed by atoms with Crippen LogP contribution >= 0.6 is 11.6 Å². The van der Waals surface area contributed by atoms with Crippen molar-refractivity contribution in [2.24, 2.45) is 0 Å². The maximum absolute atomic E-state index is 12.2. The van der Waals surface area contributed by atoms with Gasteiger partial charge in [-0.1, -0.05) is 30.7 Å². The molecule has 2 rings (SSSR count). The Labute approximate surface area is 141 Å². The number of anilines is 1. The Morgan fingerprint density at radius 1 is 1.17 bits per heavy atom. The fourth-order valence-electron chi connectivity index (χ4n) is 1.88. The van der Waals surface area contributed by atoms with Gasteiger partial charge in [0.05, 0.1) is 11.6 Å². The molecule has 0 aromatic heterocycles. The zero-order chi connectivity index (χ0) is 16.7. The standard InChI is InChI=1S/C18H20ClNO3/c1-3-12-22-15-10-8-14(9-11-15)20-18(21)13(2)23-17-7-5-4-6-16(17)19/h4-11,13H,3,12H2,1-2H3,(H,20,21)/t13-/m1/s1. The molecule has 1 N–H and O–H groups in total. The first kappa shape index (κ1) is 17.2. The average Bonchev–Trinajstić information content (AvgIpc) is 2.56. The second kappa shape index (κ2) is 8.44. The summed E-state index contributed by atoms with van der Waals surface area (Å²) in [6.45, 7) is 4.40. The second-order valence-electron chi connectivity index (χ2n) is 5.05. The van der Waals surface area contributed by atoms with Gasteiger partial charge < -0.3 is 14.8 Å². The van der Waals surface area contributed by atoms with Gasteiger partial charge in [0.15, 0.2) is 6.10 Å². The Balaban J connectivity index is 1.91. The molecule has 1 amide bonds. The maximum atomic E-state index is 12.2. The van der Waals surface area contributed by atoms with Crippen molar-refractivity contribution in [3.63, 3.8) is 0 Å². The maximum Gasteiger partial charge on any atom is 0.265 e. The fourth-order valence-corrected chi connectivity index (χ4v) is 2.06. The third-order valence-corrected chi connectivity index (χ3v) is 3.42. The van der Waals surface area contributed by atoms with Crippen LogP contribution in [0.15, 0.2) is 48.5 Å². The van der Waals surface area contributed by atoms with E-state index < -0.39 is 6.10 Å². The summed E-state index contributed by atoms with van der Waals surface area (Å²) >= 11 is 6.02. The average molecular weight is 334 g/mol. The van der Waals surface area contributed by atoms with Gasteiger partial charge in [-0.25, -0.2) is 0 Å². The summed E-state index contributed by atoms with van der Waals surface area (Å²) in [4.78, 5) is 12.2. The molecule has 0 aliphatic rings. The van der Waals surface area contributed by atoms with Crippen LogP contribution in [-0.2, 0) is 4.79 Å². The summed E-state index contributed by atoms with van der Waals surface area (Å²) in [5.41, 5.74) is 0.688. The van der Waals surface area contributed by atoms with E-state index in [1.54, 1.807) is 37.3 Å². The van der Waals surface area contributed by atoms with Crippen molar-refractivity contribution in [3.05, 3.63) is 53.6 Å². The van der Waals surface area contributed by atoms with Crippen molar-refractivity contribution in [1.29, 1.82) is 0 Å². The highest BCUT2D eigenvalue weighted by Crippen LogP contribution is 2.24. The van der Waals surface area contributed by atoms with Crippen LogP contribution in [0.3, 0.4) is 0 Å². The molecule has 122 valence electrons. The lowest BCUT2D eigenvalue weighted by Gasteiger charge is -2.15. The molecule has 2 aromatic carbocycles. The lowest BCUT2D eigenvalue weighted by Crippen LogP contribution is -2.30. The minimum Gasteiger partial charge on any atom is -0.494 e. The summed E-state index contributed by atoms with van der Waals surface area (Å²) in [5, 5.41) is 3.28. The number of carbonyl (C=O) groups is 1. The van der Waals surface area contributed by atoms with E-state index in [1.165, 1.54) is 0 Å². The van der Waals surface area contributed by atoms with Gasteiger partial charge in [-0.05, 0) is 49.7 Å². The molecule has 0 aliphatic carbocycles.